The maximum absolute atomic E-state index is 11.6. The first-order valence-corrected chi connectivity index (χ1v) is 4.24. The van der Waals surface area contributed by atoms with Crippen molar-refractivity contribution in [3.8, 4) is 0 Å². The topological polar surface area (TPSA) is 84.9 Å². The van der Waals surface area contributed by atoms with Crippen molar-refractivity contribution in [3.63, 3.8) is 0 Å². The molecule has 0 fully saturated rings. The lowest BCUT2D eigenvalue weighted by Crippen LogP contribution is -2.45. The molecule has 9 heteroatoms. The summed E-state index contributed by atoms with van der Waals surface area (Å²) < 4.78 is 42.6. The lowest BCUT2D eigenvalue weighted by atomic mass is 10.3. The Morgan fingerprint density at radius 1 is 1.47 bits per heavy atom. The van der Waals surface area contributed by atoms with E-state index in [0.717, 1.165) is 0 Å². The van der Waals surface area contributed by atoms with Gasteiger partial charge in [-0.25, -0.2) is 9.59 Å². The molecule has 1 atom stereocenters. The number of amides is 1. The van der Waals surface area contributed by atoms with E-state index in [1.54, 1.807) is 5.32 Å². The van der Waals surface area contributed by atoms with Crippen LogP contribution in [0.25, 0.3) is 0 Å². The van der Waals surface area contributed by atoms with Gasteiger partial charge in [-0.15, -0.1) is 13.2 Å². The first-order valence-electron chi connectivity index (χ1n) is 4.24. The fourth-order valence-corrected chi connectivity index (χ4v) is 0.671. The average molecular weight is 257 g/mol. The molecule has 0 saturated heterocycles. The Balaban J connectivity index is 4.20. The molecule has 1 amide bonds. The summed E-state index contributed by atoms with van der Waals surface area (Å²) in [6, 6.07) is -1.85. The maximum Gasteiger partial charge on any atom is 0.522 e. The molecule has 0 rings (SSSR count). The molecule has 0 aliphatic heterocycles. The van der Waals surface area contributed by atoms with Crippen LogP contribution in [0.5, 0.6) is 0 Å². The van der Waals surface area contributed by atoms with E-state index >= 15 is 0 Å². The third-order valence-electron chi connectivity index (χ3n) is 1.34. The molecule has 2 N–H and O–H groups in total. The molecule has 0 unspecified atom stereocenters. The van der Waals surface area contributed by atoms with Crippen LogP contribution in [0.15, 0.2) is 12.7 Å². The number of alkyl carbamates (subject to hydrolysis) is 1. The normalized spacial score (nSPS) is 12.6. The second-order valence-corrected chi connectivity index (χ2v) is 2.68. The minimum Gasteiger partial charge on any atom is -0.480 e. The van der Waals surface area contributed by atoms with Crippen molar-refractivity contribution in [3.05, 3.63) is 12.7 Å². The van der Waals surface area contributed by atoms with Gasteiger partial charge in [-0.3, -0.25) is 4.74 Å². The van der Waals surface area contributed by atoms with Gasteiger partial charge in [0, 0.05) is 0 Å². The fraction of sp³-hybridized carbons (Fsp3) is 0.500. The smallest absolute Gasteiger partial charge is 0.480 e. The first kappa shape index (κ1) is 15.2. The van der Waals surface area contributed by atoms with Crippen molar-refractivity contribution in [2.45, 2.75) is 12.4 Å². The average Bonchev–Trinajstić information content (AvgIpc) is 2.19. The van der Waals surface area contributed by atoms with E-state index in [1.165, 1.54) is 6.08 Å². The molecule has 0 aliphatic rings. The quantitative estimate of drug-likeness (QED) is 0.690. The molecule has 17 heavy (non-hydrogen) atoms. The predicted molar refractivity (Wildman–Crippen MR) is 48.1 cm³/mol. The number of aliphatic carboxylic acids is 1. The highest BCUT2D eigenvalue weighted by molar-refractivity contribution is 5.80. The molecule has 0 bridgehead atoms. The zero-order valence-corrected chi connectivity index (χ0v) is 8.49. The first-order chi connectivity index (χ1) is 7.76. The van der Waals surface area contributed by atoms with E-state index in [-0.39, 0.29) is 6.61 Å². The molecule has 0 aromatic heterocycles. The number of carboxylic acids is 1. The maximum atomic E-state index is 11.6. The molecule has 0 aromatic carbocycles. The summed E-state index contributed by atoms with van der Waals surface area (Å²) in [4.78, 5) is 21.3. The minimum absolute atomic E-state index is 0.196. The second-order valence-electron chi connectivity index (χ2n) is 2.68. The van der Waals surface area contributed by atoms with Gasteiger partial charge in [0.25, 0.3) is 0 Å². The van der Waals surface area contributed by atoms with Crippen LogP contribution in [0.2, 0.25) is 0 Å². The minimum atomic E-state index is -4.97. The van der Waals surface area contributed by atoms with Gasteiger partial charge in [0.05, 0.1) is 6.61 Å². The number of halogens is 3. The molecule has 98 valence electrons. The summed E-state index contributed by atoms with van der Waals surface area (Å²) in [7, 11) is 0. The molecule has 0 saturated carbocycles. The Labute approximate surface area is 94.0 Å². The van der Waals surface area contributed by atoms with Crippen molar-refractivity contribution >= 4 is 12.1 Å². The Hall–Kier alpha value is -1.77. The number of carbonyl (C=O) groups excluding carboxylic acids is 1. The standard InChI is InChI=1S/C8H10F3NO5/c1-2-3-16-7(15)12-5(6(13)14)4-17-8(9,10)11/h2,5H,1,3-4H2,(H,12,15)(H,13,14)/t5-/m1/s1. The van der Waals surface area contributed by atoms with Crippen LogP contribution in [0.1, 0.15) is 0 Å². The van der Waals surface area contributed by atoms with E-state index in [0.29, 0.717) is 0 Å². The fourth-order valence-electron chi connectivity index (χ4n) is 0.671. The van der Waals surface area contributed by atoms with E-state index in [9.17, 15) is 22.8 Å². The van der Waals surface area contributed by atoms with Gasteiger partial charge in [-0.05, 0) is 0 Å². The van der Waals surface area contributed by atoms with E-state index < -0.39 is 31.1 Å². The van der Waals surface area contributed by atoms with Crippen LogP contribution in [-0.4, -0.2) is 42.8 Å². The summed E-state index contributed by atoms with van der Waals surface area (Å²) in [6.45, 7) is 1.78. The molecule has 0 radical (unpaired) electrons. The van der Waals surface area contributed by atoms with Crippen LogP contribution in [0.3, 0.4) is 0 Å². The predicted octanol–water partition coefficient (Wildman–Crippen LogP) is 0.888. The monoisotopic (exact) mass is 257 g/mol. The lowest BCUT2D eigenvalue weighted by Gasteiger charge is -2.15. The number of ether oxygens (including phenoxy) is 2. The summed E-state index contributed by atoms with van der Waals surface area (Å²) in [6.07, 6.45) is -4.94. The number of hydrogen-bond acceptors (Lipinski definition) is 4. The van der Waals surface area contributed by atoms with Crippen molar-refractivity contribution in [2.24, 2.45) is 0 Å². The summed E-state index contributed by atoms with van der Waals surface area (Å²) >= 11 is 0. The largest absolute Gasteiger partial charge is 0.522 e. The Bertz CT molecular complexity index is 291. The number of rotatable bonds is 6. The van der Waals surface area contributed by atoms with E-state index in [4.69, 9.17) is 5.11 Å². The van der Waals surface area contributed by atoms with Crippen LogP contribution in [-0.2, 0) is 14.3 Å². The lowest BCUT2D eigenvalue weighted by molar-refractivity contribution is -0.325. The number of carboxylic acid groups (broad SMARTS) is 1. The molecule has 6 nitrogen and oxygen atoms in total. The van der Waals surface area contributed by atoms with E-state index in [2.05, 4.69) is 16.1 Å². The number of hydrogen-bond donors (Lipinski definition) is 2. The number of carbonyl (C=O) groups is 2. The molecular weight excluding hydrogens is 247 g/mol. The highest BCUT2D eigenvalue weighted by Gasteiger charge is 2.32. The van der Waals surface area contributed by atoms with Crippen molar-refractivity contribution < 1.29 is 37.3 Å². The van der Waals surface area contributed by atoms with Gasteiger partial charge < -0.3 is 15.2 Å². The summed E-state index contributed by atoms with van der Waals surface area (Å²) in [5, 5.41) is 10.2. The van der Waals surface area contributed by atoms with Gasteiger partial charge in [0.15, 0.2) is 6.04 Å². The molecule has 0 aliphatic carbocycles. The van der Waals surface area contributed by atoms with Crippen molar-refractivity contribution in [2.75, 3.05) is 13.2 Å². The van der Waals surface area contributed by atoms with Crippen LogP contribution in [0.4, 0.5) is 18.0 Å². The van der Waals surface area contributed by atoms with Gasteiger partial charge in [-0.1, -0.05) is 12.7 Å². The Kier molecular flexibility index (Phi) is 6.03. The Morgan fingerprint density at radius 3 is 2.47 bits per heavy atom. The highest BCUT2D eigenvalue weighted by atomic mass is 19.4. The molecular formula is C8H10F3NO5. The SMILES string of the molecule is C=CCOC(=O)N[C@H](COC(F)(F)F)C(=O)O. The summed E-state index contributed by atoms with van der Waals surface area (Å²) in [5.74, 6) is -1.68. The van der Waals surface area contributed by atoms with Gasteiger partial charge in [0.2, 0.25) is 0 Å². The zero-order chi connectivity index (χ0) is 13.5. The third kappa shape index (κ3) is 8.08. The van der Waals surface area contributed by atoms with E-state index in [1.807, 2.05) is 0 Å². The zero-order valence-electron chi connectivity index (χ0n) is 8.49. The van der Waals surface area contributed by atoms with Gasteiger partial charge >= 0.3 is 18.4 Å². The summed E-state index contributed by atoms with van der Waals surface area (Å²) in [5.41, 5.74) is 0. The van der Waals surface area contributed by atoms with Crippen LogP contribution < -0.4 is 5.32 Å². The van der Waals surface area contributed by atoms with Crippen molar-refractivity contribution in [1.29, 1.82) is 0 Å². The van der Waals surface area contributed by atoms with Crippen LogP contribution in [0, 0.1) is 0 Å². The van der Waals surface area contributed by atoms with Crippen molar-refractivity contribution in [1.82, 2.24) is 5.32 Å². The van der Waals surface area contributed by atoms with Crippen LogP contribution >= 0.6 is 0 Å². The van der Waals surface area contributed by atoms with Gasteiger partial charge in [0.1, 0.15) is 6.61 Å². The molecule has 0 aromatic rings. The second kappa shape index (κ2) is 6.74. The third-order valence-corrected chi connectivity index (χ3v) is 1.34. The highest BCUT2D eigenvalue weighted by Crippen LogP contribution is 2.16. The molecule has 0 spiro atoms. The Morgan fingerprint density at radius 2 is 2.06 bits per heavy atom. The van der Waals surface area contributed by atoms with Gasteiger partial charge in [-0.2, -0.15) is 0 Å². The number of alkyl halides is 3. The number of nitrogens with one attached hydrogen (secondary N) is 1. The molecule has 0 heterocycles.